The third-order valence-corrected chi connectivity index (χ3v) is 0.500. The Morgan fingerprint density at radius 1 is 1.29 bits per heavy atom. The second-order valence-corrected chi connectivity index (χ2v) is 0.957. The molecule has 0 aliphatic rings. The summed E-state index contributed by atoms with van der Waals surface area (Å²) in [5.41, 5.74) is 0. The predicted molar refractivity (Wildman–Crippen MR) is 38.3 cm³/mol. The number of hydrogen-bond donors (Lipinski definition) is 2. The van der Waals surface area contributed by atoms with Crippen LogP contribution in [0.15, 0.2) is 0 Å². The van der Waals surface area contributed by atoms with Gasteiger partial charge in [0.15, 0.2) is 0 Å². The Bertz CT molecular complexity index is 17.2. The van der Waals surface area contributed by atoms with Crippen LogP contribution in [0.2, 0.25) is 0 Å². The molecule has 0 radical (unpaired) electrons. The van der Waals surface area contributed by atoms with Gasteiger partial charge in [0.1, 0.15) is 0 Å². The standard InChI is InChI=1S/C4H11N.GeH5N/c1-3-5-4-2;1-2/h5H,3-4H2,1-2H3;2H2,1H3. The molecule has 0 rings (SSSR count). The first-order valence-electron chi connectivity index (χ1n) is 2.70. The van der Waals surface area contributed by atoms with E-state index in [0.717, 1.165) is 13.1 Å². The van der Waals surface area contributed by atoms with Crippen molar-refractivity contribution in [3.63, 3.8) is 0 Å². The van der Waals surface area contributed by atoms with Crippen LogP contribution < -0.4 is 10.0 Å². The van der Waals surface area contributed by atoms with Crippen molar-refractivity contribution in [3.8, 4) is 0 Å². The van der Waals surface area contributed by atoms with Crippen LogP contribution in [0.1, 0.15) is 13.8 Å². The van der Waals surface area contributed by atoms with Crippen LogP contribution in [0.5, 0.6) is 0 Å². The fourth-order valence-corrected chi connectivity index (χ4v) is 0.250. The molecule has 0 aliphatic carbocycles. The Hall–Kier alpha value is 0.463. The van der Waals surface area contributed by atoms with Gasteiger partial charge in [-0.05, 0) is 13.1 Å². The van der Waals surface area contributed by atoms with Crippen molar-refractivity contribution >= 4 is 16.7 Å². The van der Waals surface area contributed by atoms with Crippen molar-refractivity contribution in [2.75, 3.05) is 13.1 Å². The van der Waals surface area contributed by atoms with Crippen molar-refractivity contribution < 1.29 is 0 Å². The monoisotopic (exact) mass is 166 g/mol. The van der Waals surface area contributed by atoms with E-state index in [0.29, 0.717) is 16.7 Å². The topological polar surface area (TPSA) is 38.0 Å². The Labute approximate surface area is 54.3 Å². The van der Waals surface area contributed by atoms with Crippen LogP contribution in [0, 0.1) is 0 Å². The molecule has 0 heterocycles. The number of nitrogens with two attached hydrogens (primary N) is 1. The van der Waals surface area contributed by atoms with Crippen LogP contribution in [-0.2, 0) is 0 Å². The Balaban J connectivity index is 0. The van der Waals surface area contributed by atoms with E-state index in [1.807, 2.05) is 0 Å². The second-order valence-electron chi connectivity index (χ2n) is 0.957. The first kappa shape index (κ1) is 10.4. The summed E-state index contributed by atoms with van der Waals surface area (Å²) in [6, 6.07) is 0. The first-order valence-corrected chi connectivity index (χ1v) is 5.12. The molecule has 0 aromatic heterocycles. The van der Waals surface area contributed by atoms with Crippen LogP contribution in [0.3, 0.4) is 0 Å². The molecule has 0 atom stereocenters. The normalized spacial score (nSPS) is 7.29. The van der Waals surface area contributed by atoms with Gasteiger partial charge < -0.3 is 5.32 Å². The zero-order valence-electron chi connectivity index (χ0n) is 5.49. The van der Waals surface area contributed by atoms with Crippen molar-refractivity contribution in [1.29, 1.82) is 0 Å². The average Bonchev–Trinajstić information content (AvgIpc) is 1.75. The van der Waals surface area contributed by atoms with E-state index in [1.54, 1.807) is 0 Å². The molecule has 0 bridgehead atoms. The van der Waals surface area contributed by atoms with Crippen LogP contribution in [0.4, 0.5) is 0 Å². The molecule has 3 N–H and O–H groups in total. The van der Waals surface area contributed by atoms with Gasteiger partial charge in [-0.25, -0.2) is 0 Å². The van der Waals surface area contributed by atoms with Crippen molar-refractivity contribution in [1.82, 2.24) is 5.32 Å². The van der Waals surface area contributed by atoms with E-state index < -0.39 is 0 Å². The van der Waals surface area contributed by atoms with Gasteiger partial charge in [0, 0.05) is 0 Å². The molecule has 0 saturated carbocycles. The van der Waals surface area contributed by atoms with Crippen LogP contribution >= 0.6 is 0 Å². The van der Waals surface area contributed by atoms with Gasteiger partial charge in [0.25, 0.3) is 0 Å². The third-order valence-electron chi connectivity index (χ3n) is 0.500. The molecule has 0 amide bonds. The molecule has 0 aromatic carbocycles. The molecule has 46 valence electrons. The van der Waals surface area contributed by atoms with E-state index in [2.05, 4.69) is 23.9 Å². The predicted octanol–water partition coefficient (Wildman–Crippen LogP) is -1.16. The Kier molecular flexibility index (Phi) is 24.0. The van der Waals surface area contributed by atoms with Gasteiger partial charge in [-0.1, -0.05) is 13.8 Å². The maximum atomic E-state index is 4.69. The molecule has 0 saturated heterocycles. The Morgan fingerprint density at radius 2 is 1.57 bits per heavy atom. The zero-order valence-corrected chi connectivity index (χ0v) is 9.69. The quantitative estimate of drug-likeness (QED) is 0.506. The van der Waals surface area contributed by atoms with E-state index in [9.17, 15) is 0 Å². The summed E-state index contributed by atoms with van der Waals surface area (Å²) < 4.78 is 4.69. The molecule has 7 heavy (non-hydrogen) atoms. The summed E-state index contributed by atoms with van der Waals surface area (Å²) in [5.74, 6) is 0. The molecule has 2 nitrogen and oxygen atoms in total. The Morgan fingerprint density at radius 3 is 1.57 bits per heavy atom. The van der Waals surface area contributed by atoms with Gasteiger partial charge in [-0.15, -0.1) is 0 Å². The number of rotatable bonds is 2. The molecule has 3 heteroatoms. The van der Waals surface area contributed by atoms with E-state index in [4.69, 9.17) is 0 Å². The summed E-state index contributed by atoms with van der Waals surface area (Å²) in [4.78, 5) is 0. The summed E-state index contributed by atoms with van der Waals surface area (Å²) >= 11 is 0.562. The maximum absolute atomic E-state index is 4.69. The minimum absolute atomic E-state index is 0.562. The molecule has 0 unspecified atom stereocenters. The molecular weight excluding hydrogens is 149 g/mol. The van der Waals surface area contributed by atoms with Crippen LogP contribution in [-0.4, -0.2) is 29.8 Å². The van der Waals surface area contributed by atoms with Gasteiger partial charge in [0.05, 0.1) is 0 Å². The van der Waals surface area contributed by atoms with Crippen molar-refractivity contribution in [3.05, 3.63) is 0 Å². The summed E-state index contributed by atoms with van der Waals surface area (Å²) in [5, 5.41) is 3.11. The van der Waals surface area contributed by atoms with E-state index >= 15 is 0 Å². The molecule has 0 fully saturated rings. The second kappa shape index (κ2) is 16.1. The molecule has 0 aliphatic heterocycles. The number of hydrogen-bond acceptors (Lipinski definition) is 2. The minimum atomic E-state index is 0.562. The molecular formula is C4H16GeN2. The fraction of sp³-hybridized carbons (Fsp3) is 1.00. The van der Waals surface area contributed by atoms with Gasteiger partial charge in [0.2, 0.25) is 0 Å². The molecule has 0 spiro atoms. The SMILES string of the molecule is CCNCC.[NH2][GeH3]. The van der Waals surface area contributed by atoms with Gasteiger partial charge >= 0.3 is 21.4 Å². The van der Waals surface area contributed by atoms with Gasteiger partial charge in [-0.2, -0.15) is 0 Å². The summed E-state index contributed by atoms with van der Waals surface area (Å²) in [7, 11) is 0. The summed E-state index contributed by atoms with van der Waals surface area (Å²) in [6.07, 6.45) is 0. The fourth-order valence-electron chi connectivity index (χ4n) is 0.250. The van der Waals surface area contributed by atoms with Gasteiger partial charge in [-0.3, -0.25) is 0 Å². The molecule has 0 aromatic rings. The van der Waals surface area contributed by atoms with Crippen LogP contribution in [0.25, 0.3) is 0 Å². The summed E-state index contributed by atoms with van der Waals surface area (Å²) in [6.45, 7) is 6.39. The van der Waals surface area contributed by atoms with Crippen molar-refractivity contribution in [2.45, 2.75) is 13.8 Å². The first-order chi connectivity index (χ1) is 3.41. The van der Waals surface area contributed by atoms with E-state index in [1.165, 1.54) is 0 Å². The number of nitrogens with one attached hydrogen (secondary N) is 1. The zero-order chi connectivity index (χ0) is 6.12. The average molecular weight is 165 g/mol. The third kappa shape index (κ3) is 21.2. The van der Waals surface area contributed by atoms with Crippen molar-refractivity contribution in [2.24, 2.45) is 4.69 Å². The van der Waals surface area contributed by atoms with E-state index in [-0.39, 0.29) is 0 Å².